The molecule has 0 heteroatoms. The number of benzene rings is 1. The van der Waals surface area contributed by atoms with Gasteiger partial charge in [0.25, 0.3) is 0 Å². The first-order chi connectivity index (χ1) is 6.61. The van der Waals surface area contributed by atoms with Crippen LogP contribution in [-0.4, -0.2) is 0 Å². The van der Waals surface area contributed by atoms with Crippen LogP contribution in [0.5, 0.6) is 0 Å². The van der Waals surface area contributed by atoms with Crippen LogP contribution in [0.4, 0.5) is 0 Å². The Morgan fingerprint density at radius 3 is 2.36 bits per heavy atom. The van der Waals surface area contributed by atoms with Crippen molar-refractivity contribution in [1.29, 1.82) is 0 Å². The van der Waals surface area contributed by atoms with Crippen LogP contribution in [0, 0.1) is 20.8 Å². The first-order valence-electron chi connectivity index (χ1n) is 5.33. The topological polar surface area (TPSA) is 0 Å². The maximum Gasteiger partial charge on any atom is -0.0196 e. The lowest BCUT2D eigenvalue weighted by molar-refractivity contribution is 0.906. The molecule has 0 aliphatic rings. The van der Waals surface area contributed by atoms with Crippen molar-refractivity contribution < 1.29 is 0 Å². The zero-order chi connectivity index (χ0) is 10.7. The second kappa shape index (κ2) is 4.45. The summed E-state index contributed by atoms with van der Waals surface area (Å²) in [6, 6.07) is 2.29. The normalized spacial score (nSPS) is 10.3. The molecule has 0 amide bonds. The van der Waals surface area contributed by atoms with Crippen LogP contribution in [0.3, 0.4) is 0 Å². The van der Waals surface area contributed by atoms with E-state index in [-0.39, 0.29) is 0 Å². The van der Waals surface area contributed by atoms with Crippen LogP contribution in [0.1, 0.15) is 41.2 Å². The molecular weight excluding hydrogens is 168 g/mol. The van der Waals surface area contributed by atoms with Crippen molar-refractivity contribution in [1.82, 2.24) is 0 Å². The Morgan fingerprint density at radius 1 is 1.21 bits per heavy atom. The van der Waals surface area contributed by atoms with Gasteiger partial charge in [-0.1, -0.05) is 32.1 Å². The highest BCUT2D eigenvalue weighted by Crippen LogP contribution is 2.24. The fourth-order valence-corrected chi connectivity index (χ4v) is 2.03. The van der Waals surface area contributed by atoms with Crippen molar-refractivity contribution in [3.63, 3.8) is 0 Å². The molecule has 76 valence electrons. The molecule has 14 heavy (non-hydrogen) atoms. The number of hydrogen-bond acceptors (Lipinski definition) is 0. The van der Waals surface area contributed by atoms with Crippen molar-refractivity contribution in [2.24, 2.45) is 0 Å². The third-order valence-electron chi connectivity index (χ3n) is 2.93. The van der Waals surface area contributed by atoms with E-state index < -0.39 is 0 Å². The van der Waals surface area contributed by atoms with E-state index >= 15 is 0 Å². The minimum absolute atomic E-state index is 1.16. The quantitative estimate of drug-likeness (QED) is 0.666. The molecule has 1 rings (SSSR count). The molecule has 0 saturated heterocycles. The van der Waals surface area contributed by atoms with E-state index in [0.717, 1.165) is 6.42 Å². The van der Waals surface area contributed by atoms with E-state index in [9.17, 15) is 0 Å². The van der Waals surface area contributed by atoms with Gasteiger partial charge >= 0.3 is 0 Å². The Balaban J connectivity index is 3.38. The summed E-state index contributed by atoms with van der Waals surface area (Å²) in [4.78, 5) is 0. The van der Waals surface area contributed by atoms with E-state index in [0.29, 0.717) is 0 Å². The summed E-state index contributed by atoms with van der Waals surface area (Å²) in [5.41, 5.74) is 6.99. The van der Waals surface area contributed by atoms with Gasteiger partial charge in [0, 0.05) is 0 Å². The van der Waals surface area contributed by atoms with Gasteiger partial charge in [0.15, 0.2) is 0 Å². The number of aryl methyl sites for hydroxylation is 2. The summed E-state index contributed by atoms with van der Waals surface area (Å²) >= 11 is 0. The smallest absolute Gasteiger partial charge is 0.0196 e. The highest BCUT2D eigenvalue weighted by Gasteiger charge is 2.07. The van der Waals surface area contributed by atoms with Crippen molar-refractivity contribution in [3.8, 4) is 0 Å². The number of hydrogen-bond donors (Lipinski definition) is 0. The molecule has 1 aromatic carbocycles. The van der Waals surface area contributed by atoms with Gasteiger partial charge in [0.05, 0.1) is 0 Å². The van der Waals surface area contributed by atoms with Crippen molar-refractivity contribution in [2.45, 2.75) is 40.5 Å². The second-order valence-electron chi connectivity index (χ2n) is 3.98. The van der Waals surface area contributed by atoms with Crippen LogP contribution in [0.25, 0.3) is 6.08 Å². The monoisotopic (exact) mass is 188 g/mol. The van der Waals surface area contributed by atoms with Crippen LogP contribution in [0.15, 0.2) is 12.6 Å². The van der Waals surface area contributed by atoms with Crippen LogP contribution >= 0.6 is 0 Å². The van der Waals surface area contributed by atoms with Crippen LogP contribution in [-0.2, 0) is 6.42 Å². The summed E-state index contributed by atoms with van der Waals surface area (Å²) in [5, 5.41) is 0. The predicted molar refractivity (Wildman–Crippen MR) is 64.7 cm³/mol. The molecule has 1 aromatic rings. The molecular formula is C14H20. The summed E-state index contributed by atoms with van der Waals surface area (Å²) in [6.07, 6.45) is 4.36. The molecule has 0 fully saturated rings. The molecule has 0 bridgehead atoms. The van der Waals surface area contributed by atoms with Gasteiger partial charge in [-0.15, -0.1) is 0 Å². The highest BCUT2D eigenvalue weighted by atomic mass is 14.1. The largest absolute Gasteiger partial charge is 0.0984 e. The lowest BCUT2D eigenvalue weighted by atomic mass is 9.91. The van der Waals surface area contributed by atoms with Gasteiger partial charge < -0.3 is 0 Å². The molecule has 0 atom stereocenters. The molecule has 0 radical (unpaired) electrons. The maximum atomic E-state index is 3.92. The van der Waals surface area contributed by atoms with E-state index in [1.54, 1.807) is 0 Å². The zero-order valence-electron chi connectivity index (χ0n) is 9.78. The minimum Gasteiger partial charge on any atom is -0.0984 e. The Labute approximate surface area is 87.7 Å². The summed E-state index contributed by atoms with van der Waals surface area (Å²) in [6.45, 7) is 12.7. The highest BCUT2D eigenvalue weighted by molar-refractivity contribution is 5.60. The van der Waals surface area contributed by atoms with Crippen molar-refractivity contribution in [3.05, 3.63) is 40.5 Å². The molecule has 0 saturated carbocycles. The summed E-state index contributed by atoms with van der Waals surface area (Å²) in [5.74, 6) is 0. The second-order valence-corrected chi connectivity index (χ2v) is 3.98. The van der Waals surface area contributed by atoms with Gasteiger partial charge in [-0.05, 0) is 55.0 Å². The van der Waals surface area contributed by atoms with E-state index in [1.165, 1.54) is 34.2 Å². The molecule has 0 unspecified atom stereocenters. The Bertz CT molecular complexity index is 346. The third kappa shape index (κ3) is 1.89. The SMILES string of the molecule is C=Cc1c(C)c(C)cc(C)c1CCC. The van der Waals surface area contributed by atoms with Crippen LogP contribution in [0.2, 0.25) is 0 Å². The fourth-order valence-electron chi connectivity index (χ4n) is 2.03. The van der Waals surface area contributed by atoms with Gasteiger partial charge in [-0.25, -0.2) is 0 Å². The standard InChI is InChI=1S/C14H20/c1-6-8-14-11(4)9-10(3)12(5)13(14)7-2/h7,9H,2,6,8H2,1,3-5H3. The van der Waals surface area contributed by atoms with E-state index in [2.05, 4.69) is 40.3 Å². The molecule has 0 nitrogen and oxygen atoms in total. The van der Waals surface area contributed by atoms with Gasteiger partial charge in [0.1, 0.15) is 0 Å². The van der Waals surface area contributed by atoms with Crippen LogP contribution < -0.4 is 0 Å². The lowest BCUT2D eigenvalue weighted by Gasteiger charge is -2.14. The Kier molecular flexibility index (Phi) is 3.51. The average Bonchev–Trinajstić information content (AvgIpc) is 2.15. The molecule has 0 spiro atoms. The average molecular weight is 188 g/mol. The fraction of sp³-hybridized carbons (Fsp3) is 0.429. The molecule has 0 aromatic heterocycles. The third-order valence-corrected chi connectivity index (χ3v) is 2.93. The first-order valence-corrected chi connectivity index (χ1v) is 5.33. The van der Waals surface area contributed by atoms with E-state index in [4.69, 9.17) is 0 Å². The Morgan fingerprint density at radius 2 is 1.86 bits per heavy atom. The lowest BCUT2D eigenvalue weighted by Crippen LogP contribution is -1.98. The first kappa shape index (κ1) is 11.0. The minimum atomic E-state index is 1.16. The molecule has 0 heterocycles. The zero-order valence-corrected chi connectivity index (χ0v) is 9.78. The van der Waals surface area contributed by atoms with Crippen molar-refractivity contribution >= 4 is 6.08 Å². The molecule has 0 aliphatic carbocycles. The van der Waals surface area contributed by atoms with Gasteiger partial charge in [0.2, 0.25) is 0 Å². The Hall–Kier alpha value is -1.04. The maximum absolute atomic E-state index is 3.92. The van der Waals surface area contributed by atoms with Gasteiger partial charge in [-0.3, -0.25) is 0 Å². The molecule has 0 aliphatic heterocycles. The summed E-state index contributed by atoms with van der Waals surface area (Å²) < 4.78 is 0. The van der Waals surface area contributed by atoms with E-state index in [1.807, 2.05) is 6.08 Å². The predicted octanol–water partition coefficient (Wildman–Crippen LogP) is 4.21. The summed E-state index contributed by atoms with van der Waals surface area (Å²) in [7, 11) is 0. The molecule has 0 N–H and O–H groups in total. The van der Waals surface area contributed by atoms with Crippen molar-refractivity contribution in [2.75, 3.05) is 0 Å². The number of rotatable bonds is 3. The van der Waals surface area contributed by atoms with Gasteiger partial charge in [-0.2, -0.15) is 0 Å².